The predicted octanol–water partition coefficient (Wildman–Crippen LogP) is 4.84. The minimum atomic E-state index is -1.00. The van der Waals surface area contributed by atoms with Crippen LogP contribution >= 0.6 is 0 Å². The third kappa shape index (κ3) is 3.00. The molecule has 0 spiro atoms. The second-order valence-electron chi connectivity index (χ2n) is 6.74. The van der Waals surface area contributed by atoms with E-state index in [4.69, 9.17) is 0 Å². The maximum absolute atomic E-state index is 11.9. The fourth-order valence-electron chi connectivity index (χ4n) is 4.33. The molecule has 2 aromatic carbocycles. The van der Waals surface area contributed by atoms with Gasteiger partial charge in [-0.1, -0.05) is 75.1 Å². The smallest absolute Gasteiger partial charge is 0.118 e. The highest BCUT2D eigenvalue weighted by Gasteiger charge is 2.43. The van der Waals surface area contributed by atoms with Crippen LogP contribution in [0.1, 0.15) is 50.2 Å². The lowest BCUT2D eigenvalue weighted by molar-refractivity contribution is -0.0130. The quantitative estimate of drug-likeness (QED) is 0.829. The zero-order valence-corrected chi connectivity index (χ0v) is 13.8. The number of benzene rings is 2. The highest BCUT2D eigenvalue weighted by Crippen LogP contribution is 2.47. The van der Waals surface area contributed by atoms with Crippen molar-refractivity contribution < 1.29 is 10.2 Å². The number of rotatable bonds is 5. The third-order valence-corrected chi connectivity index (χ3v) is 5.47. The van der Waals surface area contributed by atoms with E-state index in [2.05, 4.69) is 6.92 Å². The number of aliphatic hydroxyl groups is 1. The van der Waals surface area contributed by atoms with E-state index in [9.17, 15) is 10.2 Å². The first-order chi connectivity index (χ1) is 11.2. The lowest BCUT2D eigenvalue weighted by Crippen LogP contribution is -2.39. The van der Waals surface area contributed by atoms with Crippen molar-refractivity contribution in [1.82, 2.24) is 0 Å². The number of hydrogen-bond donors (Lipinski definition) is 2. The van der Waals surface area contributed by atoms with Crippen molar-refractivity contribution >= 4 is 0 Å². The van der Waals surface area contributed by atoms with Crippen LogP contribution in [-0.4, -0.2) is 10.2 Å². The molecular formula is C21H26O2. The minimum Gasteiger partial charge on any atom is -0.508 e. The molecule has 2 unspecified atom stereocenters. The summed E-state index contributed by atoms with van der Waals surface area (Å²) in [4.78, 5) is 0. The molecule has 1 aliphatic carbocycles. The summed E-state index contributed by atoms with van der Waals surface area (Å²) >= 11 is 0. The Labute approximate surface area is 138 Å². The molecule has 0 amide bonds. The Morgan fingerprint density at radius 2 is 1.52 bits per heavy atom. The number of phenolic OH excluding ortho intramolecular Hbond substituents is 1. The van der Waals surface area contributed by atoms with Gasteiger partial charge in [0, 0.05) is 0 Å². The van der Waals surface area contributed by atoms with Crippen LogP contribution in [0.4, 0.5) is 0 Å². The van der Waals surface area contributed by atoms with Gasteiger partial charge in [-0.25, -0.2) is 0 Å². The van der Waals surface area contributed by atoms with Crippen molar-refractivity contribution in [2.45, 2.75) is 44.6 Å². The van der Waals surface area contributed by atoms with Gasteiger partial charge in [0.2, 0.25) is 0 Å². The number of hydrogen-bond acceptors (Lipinski definition) is 2. The van der Waals surface area contributed by atoms with Gasteiger partial charge in [-0.05, 0) is 41.5 Å². The average molecular weight is 310 g/mol. The minimum absolute atomic E-state index is 0.192. The highest BCUT2D eigenvalue weighted by molar-refractivity contribution is 5.39. The van der Waals surface area contributed by atoms with E-state index in [-0.39, 0.29) is 11.7 Å². The Kier molecular flexibility index (Phi) is 4.72. The molecule has 0 radical (unpaired) electrons. The van der Waals surface area contributed by atoms with E-state index in [1.54, 1.807) is 12.1 Å². The molecule has 0 heterocycles. The van der Waals surface area contributed by atoms with Gasteiger partial charge in [-0.3, -0.25) is 0 Å². The number of aromatic hydroxyl groups is 1. The summed E-state index contributed by atoms with van der Waals surface area (Å²) in [5, 5.41) is 21.5. The van der Waals surface area contributed by atoms with E-state index in [0.717, 1.165) is 17.5 Å². The van der Waals surface area contributed by atoms with Gasteiger partial charge >= 0.3 is 0 Å². The second kappa shape index (κ2) is 6.76. The molecule has 2 heteroatoms. The maximum Gasteiger partial charge on any atom is 0.118 e. The van der Waals surface area contributed by atoms with E-state index < -0.39 is 5.60 Å². The first kappa shape index (κ1) is 16.1. The van der Waals surface area contributed by atoms with Crippen LogP contribution in [0.2, 0.25) is 0 Å². The van der Waals surface area contributed by atoms with Crippen LogP contribution in [0.3, 0.4) is 0 Å². The molecule has 3 rings (SSSR count). The molecule has 1 fully saturated rings. The van der Waals surface area contributed by atoms with Gasteiger partial charge < -0.3 is 10.2 Å². The Balaban J connectivity index is 2.10. The topological polar surface area (TPSA) is 40.5 Å². The SMILES string of the molecule is CCC(C1CCCC1)C(O)(c1ccccc1)c1ccc(O)cc1. The van der Waals surface area contributed by atoms with Gasteiger partial charge in [-0.15, -0.1) is 0 Å². The summed E-state index contributed by atoms with van der Waals surface area (Å²) in [6.07, 6.45) is 5.87. The summed E-state index contributed by atoms with van der Waals surface area (Å²) in [7, 11) is 0. The Hall–Kier alpha value is -1.80. The molecule has 0 aromatic heterocycles. The van der Waals surface area contributed by atoms with E-state index in [1.165, 1.54) is 25.7 Å². The largest absolute Gasteiger partial charge is 0.508 e. The molecule has 122 valence electrons. The fourth-order valence-corrected chi connectivity index (χ4v) is 4.33. The Morgan fingerprint density at radius 1 is 0.957 bits per heavy atom. The third-order valence-electron chi connectivity index (χ3n) is 5.47. The van der Waals surface area contributed by atoms with Crippen LogP contribution in [-0.2, 0) is 5.60 Å². The van der Waals surface area contributed by atoms with Gasteiger partial charge in [0.15, 0.2) is 0 Å². The van der Waals surface area contributed by atoms with Crippen molar-refractivity contribution in [3.8, 4) is 5.75 Å². The molecule has 23 heavy (non-hydrogen) atoms. The molecule has 0 bridgehead atoms. The summed E-state index contributed by atoms with van der Waals surface area (Å²) in [6, 6.07) is 17.1. The summed E-state index contributed by atoms with van der Waals surface area (Å²) in [5.41, 5.74) is 0.823. The lowest BCUT2D eigenvalue weighted by Gasteiger charge is -2.40. The molecular weight excluding hydrogens is 284 g/mol. The first-order valence-electron chi connectivity index (χ1n) is 8.73. The number of phenols is 1. The zero-order valence-electron chi connectivity index (χ0n) is 13.8. The van der Waals surface area contributed by atoms with Crippen molar-refractivity contribution in [2.75, 3.05) is 0 Å². The molecule has 2 atom stereocenters. The molecule has 2 N–H and O–H groups in total. The van der Waals surface area contributed by atoms with Crippen LogP contribution in [0.5, 0.6) is 5.75 Å². The monoisotopic (exact) mass is 310 g/mol. The van der Waals surface area contributed by atoms with E-state index >= 15 is 0 Å². The van der Waals surface area contributed by atoms with Crippen molar-refractivity contribution in [2.24, 2.45) is 11.8 Å². The molecule has 2 aromatic rings. The molecule has 0 saturated heterocycles. The molecule has 0 aliphatic heterocycles. The van der Waals surface area contributed by atoms with Crippen LogP contribution in [0.15, 0.2) is 54.6 Å². The summed E-state index contributed by atoms with van der Waals surface area (Å²) in [5.74, 6) is 0.981. The fraction of sp³-hybridized carbons (Fsp3) is 0.429. The van der Waals surface area contributed by atoms with Gasteiger partial charge in [-0.2, -0.15) is 0 Å². The normalized spacial score (nSPS) is 19.4. The van der Waals surface area contributed by atoms with Crippen LogP contribution in [0.25, 0.3) is 0 Å². The van der Waals surface area contributed by atoms with Gasteiger partial charge in [0.1, 0.15) is 11.4 Å². The average Bonchev–Trinajstić information content (AvgIpc) is 3.11. The molecule has 1 aliphatic rings. The van der Waals surface area contributed by atoms with Gasteiger partial charge in [0.05, 0.1) is 0 Å². The van der Waals surface area contributed by atoms with Gasteiger partial charge in [0.25, 0.3) is 0 Å². The standard InChI is InChI=1S/C21H26O2/c1-2-20(16-8-6-7-9-16)21(23,17-10-4-3-5-11-17)18-12-14-19(22)15-13-18/h3-5,10-16,20,22-23H,2,6-9H2,1H3. The predicted molar refractivity (Wildman–Crippen MR) is 93.3 cm³/mol. The molecule has 1 saturated carbocycles. The van der Waals surface area contributed by atoms with E-state index in [0.29, 0.717) is 5.92 Å². The highest BCUT2D eigenvalue weighted by atomic mass is 16.3. The summed E-state index contributed by atoms with van der Waals surface area (Å²) in [6.45, 7) is 2.18. The Morgan fingerprint density at radius 3 is 2.09 bits per heavy atom. The lowest BCUT2D eigenvalue weighted by atomic mass is 9.69. The Bertz CT molecular complexity index is 614. The van der Waals surface area contributed by atoms with Crippen molar-refractivity contribution in [1.29, 1.82) is 0 Å². The van der Waals surface area contributed by atoms with Crippen molar-refractivity contribution in [3.63, 3.8) is 0 Å². The molecule has 2 nitrogen and oxygen atoms in total. The van der Waals surface area contributed by atoms with E-state index in [1.807, 2.05) is 42.5 Å². The second-order valence-corrected chi connectivity index (χ2v) is 6.74. The van der Waals surface area contributed by atoms with Crippen LogP contribution < -0.4 is 0 Å². The zero-order chi connectivity index (χ0) is 16.3. The summed E-state index contributed by atoms with van der Waals surface area (Å²) < 4.78 is 0. The van der Waals surface area contributed by atoms with Crippen LogP contribution in [0, 0.1) is 11.8 Å². The maximum atomic E-state index is 11.9. The first-order valence-corrected chi connectivity index (χ1v) is 8.73. The van der Waals surface area contributed by atoms with Crippen molar-refractivity contribution in [3.05, 3.63) is 65.7 Å².